The third kappa shape index (κ3) is 6.19. The van der Waals surface area contributed by atoms with E-state index in [1.54, 1.807) is 12.1 Å². The number of furan rings is 1. The first kappa shape index (κ1) is 17.6. The lowest BCUT2D eigenvalue weighted by molar-refractivity contribution is -0.115. The van der Waals surface area contributed by atoms with Gasteiger partial charge in [0.25, 0.3) is 0 Å². The van der Waals surface area contributed by atoms with Gasteiger partial charge in [0.2, 0.25) is 5.91 Å². The molecule has 2 aromatic rings. The van der Waals surface area contributed by atoms with Crippen LogP contribution in [-0.4, -0.2) is 16.1 Å². The Morgan fingerprint density at radius 3 is 2.42 bits per heavy atom. The number of nitrogens with one attached hydrogen (secondary N) is 4. The summed E-state index contributed by atoms with van der Waals surface area (Å²) in [5.41, 5.74) is 6.15. The van der Waals surface area contributed by atoms with Crippen LogP contribution in [0, 0.1) is 6.92 Å². The maximum atomic E-state index is 11.7. The van der Waals surface area contributed by atoms with Crippen LogP contribution in [0.3, 0.4) is 0 Å². The van der Waals surface area contributed by atoms with Gasteiger partial charge in [0.05, 0.1) is 0 Å². The van der Waals surface area contributed by atoms with Crippen molar-refractivity contribution in [2.24, 2.45) is 0 Å². The average Bonchev–Trinajstić information content (AvgIpc) is 2.97. The molecule has 0 aliphatic rings. The molecular weight excluding hydrogens is 344 g/mol. The molecular formula is C16H16N4O2S2. The Morgan fingerprint density at radius 2 is 1.75 bits per heavy atom. The molecule has 0 aliphatic heterocycles. The second-order valence-corrected chi connectivity index (χ2v) is 5.49. The molecule has 0 aliphatic carbocycles. The Morgan fingerprint density at radius 1 is 1.04 bits per heavy atom. The fraction of sp³-hybridized carbons (Fsp3) is 0.0625. The molecule has 4 N–H and O–H groups in total. The lowest BCUT2D eigenvalue weighted by Crippen LogP contribution is -2.49. The maximum absolute atomic E-state index is 11.7. The number of hydrogen-bond acceptors (Lipinski definition) is 4. The number of thiocarbonyl (C=S) groups is 2. The number of para-hydroxylation sites is 1. The van der Waals surface area contributed by atoms with Crippen molar-refractivity contribution in [1.82, 2.24) is 16.2 Å². The van der Waals surface area contributed by atoms with E-state index in [-0.39, 0.29) is 11.0 Å². The third-order valence-electron chi connectivity index (χ3n) is 2.72. The van der Waals surface area contributed by atoms with Gasteiger partial charge in [-0.05, 0) is 61.7 Å². The van der Waals surface area contributed by atoms with Gasteiger partial charge in [0.15, 0.2) is 10.2 Å². The Hall–Kier alpha value is -2.71. The molecule has 0 saturated heterocycles. The van der Waals surface area contributed by atoms with Gasteiger partial charge in [-0.1, -0.05) is 18.2 Å². The lowest BCUT2D eigenvalue weighted by Gasteiger charge is -2.13. The van der Waals surface area contributed by atoms with E-state index in [0.29, 0.717) is 10.9 Å². The predicted molar refractivity (Wildman–Crippen MR) is 102 cm³/mol. The third-order valence-corrected chi connectivity index (χ3v) is 3.13. The zero-order valence-electron chi connectivity index (χ0n) is 12.8. The van der Waals surface area contributed by atoms with Gasteiger partial charge in [0, 0.05) is 11.8 Å². The number of benzene rings is 1. The van der Waals surface area contributed by atoms with Gasteiger partial charge in [0.1, 0.15) is 11.5 Å². The van der Waals surface area contributed by atoms with Crippen LogP contribution in [0.25, 0.3) is 6.08 Å². The largest absolute Gasteiger partial charge is 0.462 e. The molecule has 1 aromatic carbocycles. The summed E-state index contributed by atoms with van der Waals surface area (Å²) < 4.78 is 5.32. The van der Waals surface area contributed by atoms with E-state index in [1.165, 1.54) is 6.08 Å². The molecule has 0 radical (unpaired) electrons. The van der Waals surface area contributed by atoms with E-state index in [0.717, 1.165) is 11.4 Å². The average molecular weight is 360 g/mol. The maximum Gasteiger partial charge on any atom is 0.250 e. The van der Waals surface area contributed by atoms with Crippen LogP contribution < -0.4 is 21.5 Å². The number of anilines is 1. The molecule has 1 heterocycles. The molecule has 0 atom stereocenters. The monoisotopic (exact) mass is 360 g/mol. The van der Waals surface area contributed by atoms with Crippen molar-refractivity contribution in [1.29, 1.82) is 0 Å². The zero-order valence-corrected chi connectivity index (χ0v) is 14.5. The van der Waals surface area contributed by atoms with Gasteiger partial charge in [-0.25, -0.2) is 0 Å². The molecule has 1 aromatic heterocycles. The van der Waals surface area contributed by atoms with E-state index >= 15 is 0 Å². The normalized spacial score (nSPS) is 10.2. The SMILES string of the molecule is Cc1ccc(C=CC(=O)NC(=S)NNC(=S)Nc2ccccc2)o1. The minimum Gasteiger partial charge on any atom is -0.462 e. The lowest BCUT2D eigenvalue weighted by atomic mass is 10.3. The summed E-state index contributed by atoms with van der Waals surface area (Å²) in [4.78, 5) is 11.7. The Labute approximate surface area is 150 Å². The van der Waals surface area contributed by atoms with Crippen molar-refractivity contribution in [2.75, 3.05) is 5.32 Å². The highest BCUT2D eigenvalue weighted by Crippen LogP contribution is 2.07. The molecule has 0 saturated carbocycles. The second-order valence-electron chi connectivity index (χ2n) is 4.67. The first-order valence-electron chi connectivity index (χ1n) is 7.00. The zero-order chi connectivity index (χ0) is 17.4. The molecule has 8 heteroatoms. The Balaban J connectivity index is 1.71. The molecule has 0 unspecified atom stereocenters. The summed E-state index contributed by atoms with van der Waals surface area (Å²) in [6, 6.07) is 13.0. The number of carbonyl (C=O) groups is 1. The van der Waals surface area contributed by atoms with Crippen LogP contribution in [-0.2, 0) is 4.79 Å². The van der Waals surface area contributed by atoms with E-state index in [1.807, 2.05) is 43.3 Å². The van der Waals surface area contributed by atoms with Gasteiger partial charge < -0.3 is 9.73 Å². The standard InChI is InChI=1S/C16H16N4O2S2/c1-11-7-8-13(22-11)9-10-14(21)18-16(24)20-19-15(23)17-12-5-3-2-4-6-12/h2-10H,1H3,(H2,17,19,23)(H2,18,20,21,24). The number of aryl methyl sites for hydroxylation is 1. The minimum absolute atomic E-state index is 0.0949. The van der Waals surface area contributed by atoms with E-state index in [9.17, 15) is 4.79 Å². The van der Waals surface area contributed by atoms with Gasteiger partial charge in [-0.3, -0.25) is 21.0 Å². The summed E-state index contributed by atoms with van der Waals surface area (Å²) in [6.45, 7) is 1.83. The second kappa shape index (κ2) is 8.80. The number of carbonyl (C=O) groups excluding carboxylic acids is 1. The van der Waals surface area contributed by atoms with Crippen molar-refractivity contribution < 1.29 is 9.21 Å². The quantitative estimate of drug-likeness (QED) is 0.380. The molecule has 0 bridgehead atoms. The van der Waals surface area contributed by atoms with Crippen LogP contribution >= 0.6 is 24.4 Å². The fourth-order valence-corrected chi connectivity index (χ4v) is 2.00. The number of amides is 1. The van der Waals surface area contributed by atoms with Crippen molar-refractivity contribution in [3.05, 3.63) is 60.1 Å². The van der Waals surface area contributed by atoms with Crippen LogP contribution in [0.4, 0.5) is 5.69 Å². The van der Waals surface area contributed by atoms with Gasteiger partial charge in [-0.2, -0.15) is 0 Å². The Bertz CT molecular complexity index is 756. The van der Waals surface area contributed by atoms with Crippen molar-refractivity contribution in [2.45, 2.75) is 6.92 Å². The van der Waals surface area contributed by atoms with Crippen molar-refractivity contribution in [3.63, 3.8) is 0 Å². The summed E-state index contributed by atoms with van der Waals surface area (Å²) in [6.07, 6.45) is 2.88. The van der Waals surface area contributed by atoms with Crippen LogP contribution in [0.5, 0.6) is 0 Å². The van der Waals surface area contributed by atoms with Gasteiger partial charge in [-0.15, -0.1) is 0 Å². The summed E-state index contributed by atoms with van der Waals surface area (Å²) in [5, 5.41) is 5.85. The number of hydrogen-bond donors (Lipinski definition) is 4. The molecule has 2 rings (SSSR count). The van der Waals surface area contributed by atoms with Crippen LogP contribution in [0.15, 0.2) is 53.0 Å². The van der Waals surface area contributed by atoms with E-state index in [4.69, 9.17) is 28.9 Å². The molecule has 0 spiro atoms. The molecule has 0 fully saturated rings. The molecule has 24 heavy (non-hydrogen) atoms. The highest BCUT2D eigenvalue weighted by molar-refractivity contribution is 7.80. The highest BCUT2D eigenvalue weighted by Gasteiger charge is 2.02. The number of rotatable bonds is 3. The topological polar surface area (TPSA) is 78.3 Å². The predicted octanol–water partition coefficient (Wildman–Crippen LogP) is 2.49. The first-order valence-corrected chi connectivity index (χ1v) is 7.82. The fourth-order valence-electron chi connectivity index (χ4n) is 1.68. The van der Waals surface area contributed by atoms with E-state index < -0.39 is 0 Å². The highest BCUT2D eigenvalue weighted by atomic mass is 32.1. The molecule has 1 amide bonds. The summed E-state index contributed by atoms with van der Waals surface area (Å²) in [7, 11) is 0. The summed E-state index contributed by atoms with van der Waals surface area (Å²) >= 11 is 10.1. The van der Waals surface area contributed by atoms with Crippen LogP contribution in [0.2, 0.25) is 0 Å². The van der Waals surface area contributed by atoms with Crippen molar-refractivity contribution in [3.8, 4) is 0 Å². The minimum atomic E-state index is -0.384. The molecule has 6 nitrogen and oxygen atoms in total. The van der Waals surface area contributed by atoms with Gasteiger partial charge >= 0.3 is 0 Å². The van der Waals surface area contributed by atoms with Crippen molar-refractivity contribution >= 4 is 52.3 Å². The van der Waals surface area contributed by atoms with E-state index in [2.05, 4.69) is 21.5 Å². The Kier molecular flexibility index (Phi) is 6.47. The molecule has 124 valence electrons. The summed E-state index contributed by atoms with van der Waals surface area (Å²) in [5.74, 6) is 0.981. The smallest absolute Gasteiger partial charge is 0.250 e. The van der Waals surface area contributed by atoms with Crippen LogP contribution in [0.1, 0.15) is 11.5 Å². The first-order chi connectivity index (χ1) is 11.5. The number of hydrazine groups is 1.